The van der Waals surface area contributed by atoms with Crippen LogP contribution < -0.4 is 5.73 Å². The largest absolute Gasteiger partial charge is 0.342 e. The zero-order valence-electron chi connectivity index (χ0n) is 13.3. The van der Waals surface area contributed by atoms with Crippen LogP contribution in [0.15, 0.2) is 30.3 Å². The van der Waals surface area contributed by atoms with E-state index in [2.05, 4.69) is 30.9 Å². The Labute approximate surface area is 128 Å². The molecular formula is C18H28N2O. The molecule has 1 saturated heterocycles. The summed E-state index contributed by atoms with van der Waals surface area (Å²) in [6.07, 6.45) is 3.15. The maximum Gasteiger partial charge on any atom is 0.230 e. The van der Waals surface area contributed by atoms with Gasteiger partial charge in [-0.15, -0.1) is 0 Å². The minimum Gasteiger partial charge on any atom is -0.342 e. The van der Waals surface area contributed by atoms with E-state index in [1.54, 1.807) is 0 Å². The third-order valence-corrected chi connectivity index (χ3v) is 4.81. The average molecular weight is 288 g/mol. The highest BCUT2D eigenvalue weighted by atomic mass is 16.2. The van der Waals surface area contributed by atoms with E-state index < -0.39 is 0 Å². The first kappa shape index (κ1) is 16.0. The van der Waals surface area contributed by atoms with E-state index in [1.807, 2.05) is 18.2 Å². The van der Waals surface area contributed by atoms with Gasteiger partial charge in [-0.25, -0.2) is 0 Å². The zero-order valence-corrected chi connectivity index (χ0v) is 13.3. The monoisotopic (exact) mass is 288 g/mol. The summed E-state index contributed by atoms with van der Waals surface area (Å²) in [5.74, 6) is 1.25. The van der Waals surface area contributed by atoms with E-state index in [-0.39, 0.29) is 5.92 Å². The van der Waals surface area contributed by atoms with Crippen molar-refractivity contribution in [3.05, 3.63) is 35.9 Å². The van der Waals surface area contributed by atoms with Gasteiger partial charge in [0.05, 0.1) is 5.92 Å². The first-order chi connectivity index (χ1) is 10.2. The van der Waals surface area contributed by atoms with E-state index in [9.17, 15) is 4.79 Å². The third kappa shape index (κ3) is 3.85. The maximum atomic E-state index is 13.0. The van der Waals surface area contributed by atoms with Gasteiger partial charge in [0.1, 0.15) is 0 Å². The molecule has 0 spiro atoms. The number of carbonyl (C=O) groups excluding carboxylic acids is 1. The molecule has 1 aliphatic heterocycles. The van der Waals surface area contributed by atoms with Crippen LogP contribution in [0, 0.1) is 11.8 Å². The molecule has 0 bridgehead atoms. The molecular weight excluding hydrogens is 260 g/mol. The predicted octanol–water partition coefficient (Wildman–Crippen LogP) is 3.01. The molecule has 1 aromatic carbocycles. The topological polar surface area (TPSA) is 46.3 Å². The summed E-state index contributed by atoms with van der Waals surface area (Å²) in [5, 5.41) is 0. The molecule has 3 nitrogen and oxygen atoms in total. The van der Waals surface area contributed by atoms with Crippen LogP contribution in [0.4, 0.5) is 0 Å². The van der Waals surface area contributed by atoms with Crippen molar-refractivity contribution in [3.63, 3.8) is 0 Å². The number of hydrogen-bond acceptors (Lipinski definition) is 2. The molecule has 1 heterocycles. The second kappa shape index (κ2) is 7.60. The van der Waals surface area contributed by atoms with Crippen molar-refractivity contribution >= 4 is 5.91 Å². The SMILES string of the molecule is CCC(C)C(C(=O)N1CCC(CCN)C1)c1ccccc1. The number of amides is 1. The summed E-state index contributed by atoms with van der Waals surface area (Å²) in [7, 11) is 0. The normalized spacial score (nSPS) is 21.3. The molecule has 0 aromatic heterocycles. The van der Waals surface area contributed by atoms with Gasteiger partial charge in [-0.1, -0.05) is 50.6 Å². The fourth-order valence-corrected chi connectivity index (χ4v) is 3.31. The quantitative estimate of drug-likeness (QED) is 0.874. The van der Waals surface area contributed by atoms with E-state index in [1.165, 1.54) is 0 Å². The Kier molecular flexibility index (Phi) is 5.80. The van der Waals surface area contributed by atoms with Gasteiger partial charge in [0, 0.05) is 13.1 Å². The molecule has 2 rings (SSSR count). The Morgan fingerprint density at radius 2 is 2.10 bits per heavy atom. The Bertz CT molecular complexity index is 446. The van der Waals surface area contributed by atoms with E-state index in [4.69, 9.17) is 5.73 Å². The van der Waals surface area contributed by atoms with Gasteiger partial charge in [0.15, 0.2) is 0 Å². The van der Waals surface area contributed by atoms with Crippen LogP contribution in [-0.2, 0) is 4.79 Å². The van der Waals surface area contributed by atoms with Gasteiger partial charge in [-0.2, -0.15) is 0 Å². The minimum atomic E-state index is -0.00664. The molecule has 3 atom stereocenters. The van der Waals surface area contributed by atoms with Gasteiger partial charge in [-0.3, -0.25) is 4.79 Å². The molecule has 1 aliphatic rings. The van der Waals surface area contributed by atoms with Gasteiger partial charge in [0.25, 0.3) is 0 Å². The molecule has 0 saturated carbocycles. The summed E-state index contributed by atoms with van der Waals surface area (Å²) in [6.45, 7) is 6.84. The lowest BCUT2D eigenvalue weighted by molar-refractivity contribution is -0.133. The molecule has 21 heavy (non-hydrogen) atoms. The van der Waals surface area contributed by atoms with Gasteiger partial charge in [-0.05, 0) is 36.8 Å². The lowest BCUT2D eigenvalue weighted by Gasteiger charge is -2.28. The molecule has 0 aliphatic carbocycles. The van der Waals surface area contributed by atoms with Crippen molar-refractivity contribution in [1.29, 1.82) is 0 Å². The number of likely N-dealkylation sites (tertiary alicyclic amines) is 1. The molecule has 1 amide bonds. The number of rotatable bonds is 6. The number of benzene rings is 1. The lowest BCUT2D eigenvalue weighted by Crippen LogP contribution is -2.36. The van der Waals surface area contributed by atoms with E-state index in [0.717, 1.165) is 44.5 Å². The minimum absolute atomic E-state index is 0.00664. The number of nitrogens with zero attached hydrogens (tertiary/aromatic N) is 1. The average Bonchev–Trinajstić information content (AvgIpc) is 2.97. The highest BCUT2D eigenvalue weighted by Gasteiger charge is 2.33. The van der Waals surface area contributed by atoms with Crippen molar-refractivity contribution in [1.82, 2.24) is 4.90 Å². The Morgan fingerprint density at radius 1 is 1.38 bits per heavy atom. The van der Waals surface area contributed by atoms with Crippen LogP contribution in [0.1, 0.15) is 44.6 Å². The first-order valence-corrected chi connectivity index (χ1v) is 8.21. The second-order valence-corrected chi connectivity index (χ2v) is 6.29. The van der Waals surface area contributed by atoms with E-state index >= 15 is 0 Å². The summed E-state index contributed by atoms with van der Waals surface area (Å²) in [4.78, 5) is 15.1. The smallest absolute Gasteiger partial charge is 0.230 e. The summed E-state index contributed by atoms with van der Waals surface area (Å²) >= 11 is 0. The van der Waals surface area contributed by atoms with Gasteiger partial charge in [0.2, 0.25) is 5.91 Å². The first-order valence-electron chi connectivity index (χ1n) is 8.21. The zero-order chi connectivity index (χ0) is 15.2. The van der Waals surface area contributed by atoms with E-state index in [0.29, 0.717) is 17.7 Å². The highest BCUT2D eigenvalue weighted by molar-refractivity contribution is 5.84. The van der Waals surface area contributed by atoms with Crippen molar-refractivity contribution in [2.75, 3.05) is 19.6 Å². The number of nitrogens with two attached hydrogens (primary N) is 1. The molecule has 3 heteroatoms. The van der Waals surface area contributed by atoms with Gasteiger partial charge < -0.3 is 10.6 Å². The van der Waals surface area contributed by atoms with Gasteiger partial charge >= 0.3 is 0 Å². The van der Waals surface area contributed by atoms with Crippen LogP contribution in [0.2, 0.25) is 0 Å². The molecule has 1 fully saturated rings. The third-order valence-electron chi connectivity index (χ3n) is 4.81. The molecule has 3 unspecified atom stereocenters. The van der Waals surface area contributed by atoms with Crippen LogP contribution in [0.3, 0.4) is 0 Å². The molecule has 2 N–H and O–H groups in total. The Morgan fingerprint density at radius 3 is 2.71 bits per heavy atom. The summed E-state index contributed by atoms with van der Waals surface area (Å²) in [6, 6.07) is 10.2. The second-order valence-electron chi connectivity index (χ2n) is 6.29. The van der Waals surface area contributed by atoms with Crippen LogP contribution in [0.5, 0.6) is 0 Å². The highest BCUT2D eigenvalue weighted by Crippen LogP contribution is 2.31. The Hall–Kier alpha value is -1.35. The molecule has 0 radical (unpaired) electrons. The number of hydrogen-bond donors (Lipinski definition) is 1. The summed E-state index contributed by atoms with van der Waals surface area (Å²) in [5.41, 5.74) is 6.80. The van der Waals surface area contributed by atoms with Crippen LogP contribution >= 0.6 is 0 Å². The fourth-order valence-electron chi connectivity index (χ4n) is 3.31. The van der Waals surface area contributed by atoms with Crippen molar-refractivity contribution in [2.45, 2.75) is 39.0 Å². The lowest BCUT2D eigenvalue weighted by atomic mass is 9.84. The van der Waals surface area contributed by atoms with Crippen LogP contribution in [0.25, 0.3) is 0 Å². The Balaban J connectivity index is 2.12. The molecule has 1 aromatic rings. The van der Waals surface area contributed by atoms with Crippen molar-refractivity contribution < 1.29 is 4.79 Å². The van der Waals surface area contributed by atoms with Crippen molar-refractivity contribution in [3.8, 4) is 0 Å². The fraction of sp³-hybridized carbons (Fsp3) is 0.611. The number of carbonyl (C=O) groups is 1. The van der Waals surface area contributed by atoms with Crippen molar-refractivity contribution in [2.24, 2.45) is 17.6 Å². The van der Waals surface area contributed by atoms with Crippen LogP contribution in [-0.4, -0.2) is 30.4 Å². The standard InChI is InChI=1S/C18H28N2O/c1-3-14(2)17(16-7-5-4-6-8-16)18(21)20-12-10-15(13-20)9-11-19/h4-8,14-15,17H,3,9-13,19H2,1-2H3. The molecule has 116 valence electrons. The maximum absolute atomic E-state index is 13.0. The summed E-state index contributed by atoms with van der Waals surface area (Å²) < 4.78 is 0. The predicted molar refractivity (Wildman–Crippen MR) is 87.0 cm³/mol.